The molecule has 2 aromatic carbocycles. The van der Waals surface area contributed by atoms with Gasteiger partial charge in [-0.25, -0.2) is 0 Å². The summed E-state index contributed by atoms with van der Waals surface area (Å²) >= 11 is 0. The lowest BCUT2D eigenvalue weighted by Gasteiger charge is -2.27. The van der Waals surface area contributed by atoms with Gasteiger partial charge in [0.05, 0.1) is 11.6 Å². The summed E-state index contributed by atoms with van der Waals surface area (Å²) in [6, 6.07) is 19.7. The van der Waals surface area contributed by atoms with Gasteiger partial charge in [0.2, 0.25) is 5.91 Å². The molecule has 0 aromatic heterocycles. The van der Waals surface area contributed by atoms with E-state index in [1.54, 1.807) is 24.3 Å². The predicted molar refractivity (Wildman–Crippen MR) is 95.4 cm³/mol. The smallest absolute Gasteiger partial charge is 0.227 e. The van der Waals surface area contributed by atoms with Gasteiger partial charge in [-0.1, -0.05) is 30.3 Å². The summed E-state index contributed by atoms with van der Waals surface area (Å²) in [7, 11) is 0. The number of nitrogens with one attached hydrogen (secondary N) is 1. The molecule has 122 valence electrons. The second kappa shape index (κ2) is 7.79. The number of carbonyl (C=O) groups excluding carboxylic acids is 1. The number of rotatable bonds is 4. The Bertz CT molecular complexity index is 708. The van der Waals surface area contributed by atoms with Crippen molar-refractivity contribution in [2.45, 2.75) is 32.1 Å². The summed E-state index contributed by atoms with van der Waals surface area (Å²) in [6.07, 6.45) is 5.25. The molecular formula is C21H22N2O. The number of benzene rings is 2. The van der Waals surface area contributed by atoms with Gasteiger partial charge in [-0.05, 0) is 67.9 Å². The number of hydrogen-bond acceptors (Lipinski definition) is 2. The number of nitrogens with zero attached hydrogens (tertiary/aromatic N) is 1. The fourth-order valence-corrected chi connectivity index (χ4v) is 3.45. The van der Waals surface area contributed by atoms with Crippen LogP contribution < -0.4 is 5.32 Å². The number of nitriles is 1. The van der Waals surface area contributed by atoms with Gasteiger partial charge < -0.3 is 5.32 Å². The Balaban J connectivity index is 1.48. The molecule has 3 rings (SSSR count). The molecule has 0 unspecified atom stereocenters. The molecule has 1 aliphatic carbocycles. The Labute approximate surface area is 143 Å². The van der Waals surface area contributed by atoms with E-state index in [9.17, 15) is 4.79 Å². The topological polar surface area (TPSA) is 52.9 Å². The minimum Gasteiger partial charge on any atom is -0.326 e. The fourth-order valence-electron chi connectivity index (χ4n) is 3.45. The van der Waals surface area contributed by atoms with Crippen LogP contribution in [-0.4, -0.2) is 5.91 Å². The zero-order valence-corrected chi connectivity index (χ0v) is 13.7. The zero-order valence-electron chi connectivity index (χ0n) is 13.7. The van der Waals surface area contributed by atoms with Gasteiger partial charge in [-0.3, -0.25) is 4.79 Å². The highest BCUT2D eigenvalue weighted by Gasteiger charge is 2.26. The van der Waals surface area contributed by atoms with E-state index in [1.165, 1.54) is 5.56 Å². The van der Waals surface area contributed by atoms with Crippen LogP contribution in [0, 0.1) is 23.2 Å². The maximum absolute atomic E-state index is 12.4. The highest BCUT2D eigenvalue weighted by Crippen LogP contribution is 2.31. The molecule has 0 spiro atoms. The summed E-state index contributed by atoms with van der Waals surface area (Å²) in [6.45, 7) is 0. The SMILES string of the molecule is N#Cc1ccc(NC(=O)[C@H]2CC[C@@H](Cc3ccccc3)CC2)cc1. The van der Waals surface area contributed by atoms with E-state index in [4.69, 9.17) is 5.26 Å². The third kappa shape index (κ3) is 4.23. The number of carbonyl (C=O) groups is 1. The predicted octanol–water partition coefficient (Wildman–Crippen LogP) is 4.55. The average Bonchev–Trinajstić information content (AvgIpc) is 2.64. The first-order valence-corrected chi connectivity index (χ1v) is 8.59. The van der Waals surface area contributed by atoms with Crippen molar-refractivity contribution >= 4 is 11.6 Å². The molecule has 0 heterocycles. The summed E-state index contributed by atoms with van der Waals surface area (Å²) < 4.78 is 0. The van der Waals surface area contributed by atoms with Crippen molar-refractivity contribution in [3.63, 3.8) is 0 Å². The van der Waals surface area contributed by atoms with Crippen molar-refractivity contribution in [1.29, 1.82) is 5.26 Å². The van der Waals surface area contributed by atoms with Crippen molar-refractivity contribution in [3.05, 3.63) is 65.7 Å². The Kier molecular flexibility index (Phi) is 5.28. The molecular weight excluding hydrogens is 296 g/mol. The Morgan fingerprint density at radius 3 is 2.29 bits per heavy atom. The van der Waals surface area contributed by atoms with Crippen LogP contribution in [0.5, 0.6) is 0 Å². The highest BCUT2D eigenvalue weighted by atomic mass is 16.1. The van der Waals surface area contributed by atoms with E-state index in [0.717, 1.165) is 37.8 Å². The molecule has 0 radical (unpaired) electrons. The van der Waals surface area contributed by atoms with E-state index in [1.807, 2.05) is 6.07 Å². The molecule has 1 fully saturated rings. The first-order valence-electron chi connectivity index (χ1n) is 8.59. The molecule has 0 bridgehead atoms. The van der Waals surface area contributed by atoms with Crippen LogP contribution in [0.1, 0.15) is 36.8 Å². The van der Waals surface area contributed by atoms with Crippen LogP contribution in [0.2, 0.25) is 0 Å². The van der Waals surface area contributed by atoms with Crippen LogP contribution in [0.3, 0.4) is 0 Å². The molecule has 1 amide bonds. The van der Waals surface area contributed by atoms with Gasteiger partial charge in [0.1, 0.15) is 0 Å². The number of amides is 1. The molecule has 1 N–H and O–H groups in total. The van der Waals surface area contributed by atoms with Crippen molar-refractivity contribution < 1.29 is 4.79 Å². The van der Waals surface area contributed by atoms with E-state index in [2.05, 4.69) is 35.7 Å². The lowest BCUT2D eigenvalue weighted by atomic mass is 9.79. The van der Waals surface area contributed by atoms with E-state index >= 15 is 0 Å². The largest absolute Gasteiger partial charge is 0.326 e. The molecule has 0 atom stereocenters. The third-order valence-corrected chi connectivity index (χ3v) is 4.87. The van der Waals surface area contributed by atoms with Crippen LogP contribution in [0.4, 0.5) is 5.69 Å². The molecule has 0 saturated heterocycles. The number of anilines is 1. The standard InChI is InChI=1S/C21H22N2O/c22-15-18-8-12-20(13-9-18)23-21(24)19-10-6-17(7-11-19)14-16-4-2-1-3-5-16/h1-5,8-9,12-13,17,19H,6-7,10-11,14H2,(H,23,24)/t17-,19+. The van der Waals surface area contributed by atoms with E-state index in [-0.39, 0.29) is 11.8 Å². The lowest BCUT2D eigenvalue weighted by Crippen LogP contribution is -2.27. The van der Waals surface area contributed by atoms with Crippen LogP contribution in [-0.2, 0) is 11.2 Å². The third-order valence-electron chi connectivity index (χ3n) is 4.87. The van der Waals surface area contributed by atoms with Gasteiger partial charge in [0.25, 0.3) is 0 Å². The molecule has 1 saturated carbocycles. The summed E-state index contributed by atoms with van der Waals surface area (Å²) in [5.74, 6) is 0.900. The summed E-state index contributed by atoms with van der Waals surface area (Å²) in [5, 5.41) is 11.8. The van der Waals surface area contributed by atoms with Gasteiger partial charge in [0, 0.05) is 11.6 Å². The average molecular weight is 318 g/mol. The molecule has 3 nitrogen and oxygen atoms in total. The quantitative estimate of drug-likeness (QED) is 0.899. The van der Waals surface area contributed by atoms with Gasteiger partial charge in [0.15, 0.2) is 0 Å². The Morgan fingerprint density at radius 2 is 1.67 bits per heavy atom. The maximum Gasteiger partial charge on any atom is 0.227 e. The van der Waals surface area contributed by atoms with Crippen molar-refractivity contribution in [2.24, 2.45) is 11.8 Å². The zero-order chi connectivity index (χ0) is 16.8. The number of hydrogen-bond donors (Lipinski definition) is 1. The van der Waals surface area contributed by atoms with E-state index in [0.29, 0.717) is 11.5 Å². The second-order valence-corrected chi connectivity index (χ2v) is 6.59. The monoisotopic (exact) mass is 318 g/mol. The lowest BCUT2D eigenvalue weighted by molar-refractivity contribution is -0.121. The van der Waals surface area contributed by atoms with Crippen molar-refractivity contribution in [1.82, 2.24) is 0 Å². The van der Waals surface area contributed by atoms with Crippen molar-refractivity contribution in [2.75, 3.05) is 5.32 Å². The van der Waals surface area contributed by atoms with Crippen LogP contribution in [0.15, 0.2) is 54.6 Å². The molecule has 0 aliphatic heterocycles. The molecule has 24 heavy (non-hydrogen) atoms. The summed E-state index contributed by atoms with van der Waals surface area (Å²) in [5.41, 5.74) is 2.77. The maximum atomic E-state index is 12.4. The minimum atomic E-state index is 0.104. The summed E-state index contributed by atoms with van der Waals surface area (Å²) in [4.78, 5) is 12.4. The fraction of sp³-hybridized carbons (Fsp3) is 0.333. The van der Waals surface area contributed by atoms with Gasteiger partial charge in [-0.15, -0.1) is 0 Å². The van der Waals surface area contributed by atoms with Crippen molar-refractivity contribution in [3.8, 4) is 6.07 Å². The Morgan fingerprint density at radius 1 is 1.00 bits per heavy atom. The van der Waals surface area contributed by atoms with Gasteiger partial charge in [-0.2, -0.15) is 5.26 Å². The van der Waals surface area contributed by atoms with Crippen LogP contribution >= 0.6 is 0 Å². The second-order valence-electron chi connectivity index (χ2n) is 6.59. The molecule has 2 aromatic rings. The Hall–Kier alpha value is -2.60. The first-order chi connectivity index (χ1) is 11.7. The van der Waals surface area contributed by atoms with Crippen LogP contribution in [0.25, 0.3) is 0 Å². The molecule has 3 heteroatoms. The normalized spacial score (nSPS) is 20.1. The highest BCUT2D eigenvalue weighted by molar-refractivity contribution is 5.92. The first kappa shape index (κ1) is 16.3. The molecule has 1 aliphatic rings. The van der Waals surface area contributed by atoms with Gasteiger partial charge >= 0.3 is 0 Å². The van der Waals surface area contributed by atoms with E-state index < -0.39 is 0 Å². The minimum absolute atomic E-state index is 0.104.